The first-order valence-corrected chi connectivity index (χ1v) is 4.40. The van der Waals surface area contributed by atoms with Crippen LogP contribution in [0.1, 0.15) is 0 Å². The van der Waals surface area contributed by atoms with Crippen molar-refractivity contribution in [3.05, 3.63) is 48.9 Å². The van der Waals surface area contributed by atoms with E-state index in [-0.39, 0.29) is 12.3 Å². The normalized spacial score (nSPS) is 29.8. The molecule has 2 unspecified atom stereocenters. The fourth-order valence-electron chi connectivity index (χ4n) is 1.29. The Bertz CT molecular complexity index is 248. The molecule has 0 aromatic heterocycles. The van der Waals surface area contributed by atoms with Crippen molar-refractivity contribution in [1.82, 2.24) is 16.0 Å². The van der Waals surface area contributed by atoms with E-state index in [0.29, 0.717) is 0 Å². The third-order valence-corrected chi connectivity index (χ3v) is 1.93. The molecule has 68 valence electrons. The molecule has 0 aromatic rings. The van der Waals surface area contributed by atoms with Crippen LogP contribution < -0.4 is 16.0 Å². The van der Waals surface area contributed by atoms with Crippen LogP contribution >= 0.6 is 0 Å². The van der Waals surface area contributed by atoms with Gasteiger partial charge in [0.05, 0.1) is 12.3 Å². The largest absolute Gasteiger partial charge is 0.372 e. The predicted molar refractivity (Wildman–Crippen MR) is 53.5 cm³/mol. The molecule has 2 aliphatic rings. The molecule has 2 rings (SSSR count). The summed E-state index contributed by atoms with van der Waals surface area (Å²) in [6, 6.07) is 0. The minimum absolute atomic E-state index is 0.207. The van der Waals surface area contributed by atoms with Gasteiger partial charge in [0.15, 0.2) is 0 Å². The first-order chi connectivity index (χ1) is 6.45. The lowest BCUT2D eigenvalue weighted by atomic mass is 10.3. The third-order valence-electron chi connectivity index (χ3n) is 1.93. The second kappa shape index (κ2) is 3.96. The maximum absolute atomic E-state index is 3.36. The Morgan fingerprint density at radius 1 is 0.769 bits per heavy atom. The molecule has 3 nitrogen and oxygen atoms in total. The molecule has 3 N–H and O–H groups in total. The Morgan fingerprint density at radius 3 is 1.69 bits per heavy atom. The summed E-state index contributed by atoms with van der Waals surface area (Å²) >= 11 is 0. The van der Waals surface area contributed by atoms with Gasteiger partial charge >= 0.3 is 0 Å². The maximum atomic E-state index is 3.36. The highest BCUT2D eigenvalue weighted by Crippen LogP contribution is 1.96. The molecule has 0 amide bonds. The number of rotatable bonds is 2. The van der Waals surface area contributed by atoms with Gasteiger partial charge < -0.3 is 10.6 Å². The summed E-state index contributed by atoms with van der Waals surface area (Å²) in [5.41, 5.74) is 0. The summed E-state index contributed by atoms with van der Waals surface area (Å²) in [7, 11) is 0. The van der Waals surface area contributed by atoms with Crippen LogP contribution in [0.2, 0.25) is 0 Å². The molecule has 2 atom stereocenters. The minimum Gasteiger partial charge on any atom is -0.372 e. The van der Waals surface area contributed by atoms with E-state index in [1.807, 2.05) is 36.7 Å². The summed E-state index contributed by atoms with van der Waals surface area (Å²) in [6.45, 7) is 0. The standard InChI is InChI=1S/C10H13N3/c1-3-7-11-9(5-1)13-10-6-2-4-8-12-10/h1-13H. The average molecular weight is 175 g/mol. The zero-order chi connectivity index (χ0) is 8.93. The highest BCUT2D eigenvalue weighted by atomic mass is 15.2. The number of hydrogen-bond acceptors (Lipinski definition) is 3. The van der Waals surface area contributed by atoms with Crippen molar-refractivity contribution in [3.8, 4) is 0 Å². The molecule has 0 radical (unpaired) electrons. The second-order valence-corrected chi connectivity index (χ2v) is 2.94. The monoisotopic (exact) mass is 175 g/mol. The number of allylic oxidation sites excluding steroid dienone is 4. The Morgan fingerprint density at radius 2 is 1.31 bits per heavy atom. The van der Waals surface area contributed by atoms with Crippen LogP contribution in [0.15, 0.2) is 48.9 Å². The lowest BCUT2D eigenvalue weighted by Gasteiger charge is -2.24. The zero-order valence-corrected chi connectivity index (χ0v) is 7.27. The highest BCUT2D eigenvalue weighted by molar-refractivity contribution is 5.15. The van der Waals surface area contributed by atoms with Crippen molar-refractivity contribution in [2.24, 2.45) is 0 Å². The predicted octanol–water partition coefficient (Wildman–Crippen LogP) is 0.574. The van der Waals surface area contributed by atoms with Crippen molar-refractivity contribution in [3.63, 3.8) is 0 Å². The van der Waals surface area contributed by atoms with E-state index in [4.69, 9.17) is 0 Å². The van der Waals surface area contributed by atoms with Crippen LogP contribution in [0, 0.1) is 0 Å². The van der Waals surface area contributed by atoms with Crippen LogP contribution in [-0.2, 0) is 0 Å². The lowest BCUT2D eigenvalue weighted by Crippen LogP contribution is -2.49. The van der Waals surface area contributed by atoms with Gasteiger partial charge in [-0.15, -0.1) is 0 Å². The lowest BCUT2D eigenvalue weighted by molar-refractivity contribution is 0.466. The third kappa shape index (κ3) is 2.23. The van der Waals surface area contributed by atoms with Gasteiger partial charge in [0.2, 0.25) is 0 Å². The summed E-state index contributed by atoms with van der Waals surface area (Å²) in [5, 5.41) is 9.74. The van der Waals surface area contributed by atoms with Crippen LogP contribution in [0.5, 0.6) is 0 Å². The Kier molecular flexibility index (Phi) is 2.48. The molecule has 0 bridgehead atoms. The van der Waals surface area contributed by atoms with Gasteiger partial charge in [0.1, 0.15) is 0 Å². The zero-order valence-electron chi connectivity index (χ0n) is 7.27. The van der Waals surface area contributed by atoms with Gasteiger partial charge in [-0.3, -0.25) is 5.32 Å². The number of nitrogens with one attached hydrogen (secondary N) is 3. The Labute approximate surface area is 77.9 Å². The van der Waals surface area contributed by atoms with E-state index < -0.39 is 0 Å². The van der Waals surface area contributed by atoms with E-state index in [1.165, 1.54) is 0 Å². The minimum atomic E-state index is 0.207. The van der Waals surface area contributed by atoms with E-state index in [9.17, 15) is 0 Å². The van der Waals surface area contributed by atoms with Crippen LogP contribution in [-0.4, -0.2) is 12.3 Å². The van der Waals surface area contributed by atoms with Gasteiger partial charge in [-0.1, -0.05) is 12.2 Å². The number of hydrogen-bond donors (Lipinski definition) is 3. The SMILES string of the molecule is C1=CNC(NC2C=CC=CN2)C=C1. The molecule has 0 saturated carbocycles. The Hall–Kier alpha value is -1.48. The fraction of sp³-hybridized carbons (Fsp3) is 0.200. The van der Waals surface area contributed by atoms with Crippen molar-refractivity contribution >= 4 is 0 Å². The van der Waals surface area contributed by atoms with E-state index in [0.717, 1.165) is 0 Å². The van der Waals surface area contributed by atoms with E-state index in [2.05, 4.69) is 28.1 Å². The first-order valence-electron chi connectivity index (χ1n) is 4.40. The molecular formula is C10H13N3. The van der Waals surface area contributed by atoms with Crippen molar-refractivity contribution in [2.75, 3.05) is 0 Å². The van der Waals surface area contributed by atoms with Gasteiger partial charge in [0.25, 0.3) is 0 Å². The quantitative estimate of drug-likeness (QED) is 0.574. The summed E-state index contributed by atoms with van der Waals surface area (Å²) in [4.78, 5) is 0. The molecule has 2 heterocycles. The van der Waals surface area contributed by atoms with Gasteiger partial charge in [-0.2, -0.15) is 0 Å². The molecule has 0 aromatic carbocycles. The van der Waals surface area contributed by atoms with Crippen molar-refractivity contribution in [1.29, 1.82) is 0 Å². The maximum Gasteiger partial charge on any atom is 0.0977 e. The van der Waals surface area contributed by atoms with Crippen molar-refractivity contribution < 1.29 is 0 Å². The highest BCUT2D eigenvalue weighted by Gasteiger charge is 2.09. The summed E-state index contributed by atoms with van der Waals surface area (Å²) < 4.78 is 0. The topological polar surface area (TPSA) is 36.1 Å². The molecule has 0 spiro atoms. The van der Waals surface area contributed by atoms with E-state index in [1.54, 1.807) is 0 Å². The average Bonchev–Trinajstić information content (AvgIpc) is 2.21. The molecular weight excluding hydrogens is 162 g/mol. The summed E-state index contributed by atoms with van der Waals surface area (Å²) in [6.07, 6.45) is 16.4. The second-order valence-electron chi connectivity index (χ2n) is 2.94. The molecule has 0 aliphatic carbocycles. The van der Waals surface area contributed by atoms with Crippen LogP contribution in [0.3, 0.4) is 0 Å². The molecule has 0 fully saturated rings. The molecule has 0 saturated heterocycles. The van der Waals surface area contributed by atoms with Gasteiger partial charge in [0, 0.05) is 0 Å². The fourth-order valence-corrected chi connectivity index (χ4v) is 1.29. The number of dihydropyridines is 2. The smallest absolute Gasteiger partial charge is 0.0977 e. The molecule has 3 heteroatoms. The van der Waals surface area contributed by atoms with Crippen LogP contribution in [0.4, 0.5) is 0 Å². The molecule has 13 heavy (non-hydrogen) atoms. The van der Waals surface area contributed by atoms with E-state index >= 15 is 0 Å². The molecule has 2 aliphatic heterocycles. The first kappa shape index (κ1) is 8.13. The van der Waals surface area contributed by atoms with Crippen molar-refractivity contribution in [2.45, 2.75) is 12.3 Å². The summed E-state index contributed by atoms with van der Waals surface area (Å²) in [5.74, 6) is 0. The van der Waals surface area contributed by atoms with Gasteiger partial charge in [-0.25, -0.2) is 0 Å². The van der Waals surface area contributed by atoms with Gasteiger partial charge in [-0.05, 0) is 36.7 Å². The van der Waals surface area contributed by atoms with Crippen LogP contribution in [0.25, 0.3) is 0 Å². The Balaban J connectivity index is 1.84.